The van der Waals surface area contributed by atoms with Gasteiger partial charge in [-0.2, -0.15) is 4.31 Å². The van der Waals surface area contributed by atoms with E-state index in [1.165, 1.54) is 16.4 Å². The highest BCUT2D eigenvalue weighted by Crippen LogP contribution is 2.27. The van der Waals surface area contributed by atoms with Crippen LogP contribution in [0.2, 0.25) is 0 Å². The normalized spacial score (nSPS) is 18.4. The Kier molecular flexibility index (Phi) is 4.70. The number of piperidine rings is 1. The molecular weight excluding hydrogens is 291 g/mol. The fraction of sp³-hybridized carbons (Fsp3) is 0.600. The first kappa shape index (κ1) is 16.4. The van der Waals surface area contributed by atoms with Gasteiger partial charge >= 0.3 is 0 Å². The van der Waals surface area contributed by atoms with Gasteiger partial charge in [-0.3, -0.25) is 0 Å². The van der Waals surface area contributed by atoms with Gasteiger partial charge in [0.2, 0.25) is 10.0 Å². The lowest BCUT2D eigenvalue weighted by atomic mass is 10.1. The monoisotopic (exact) mass is 314 g/mol. The molecule has 1 aliphatic rings. The van der Waals surface area contributed by atoms with Crippen molar-refractivity contribution < 1.29 is 12.8 Å². The van der Waals surface area contributed by atoms with E-state index in [0.717, 1.165) is 12.8 Å². The van der Waals surface area contributed by atoms with Crippen molar-refractivity contribution in [1.29, 1.82) is 0 Å². The average molecular weight is 314 g/mol. The van der Waals surface area contributed by atoms with Crippen LogP contribution in [0.25, 0.3) is 0 Å². The van der Waals surface area contributed by atoms with E-state index in [2.05, 4.69) is 4.90 Å². The number of hydrogen-bond acceptors (Lipinski definition) is 3. The average Bonchev–Trinajstić information content (AvgIpc) is 2.37. The lowest BCUT2D eigenvalue weighted by Gasteiger charge is -2.34. The summed E-state index contributed by atoms with van der Waals surface area (Å²) in [5.41, 5.74) is 0.949. The molecule has 0 aromatic heterocycles. The van der Waals surface area contributed by atoms with Crippen LogP contribution in [0.3, 0.4) is 0 Å². The molecule has 0 amide bonds. The predicted molar refractivity (Wildman–Crippen MR) is 81.3 cm³/mol. The second kappa shape index (κ2) is 6.02. The zero-order valence-electron chi connectivity index (χ0n) is 13.1. The van der Waals surface area contributed by atoms with E-state index < -0.39 is 15.8 Å². The Bertz CT molecular complexity index is 598. The summed E-state index contributed by atoms with van der Waals surface area (Å²) in [6.45, 7) is 4.33. The van der Waals surface area contributed by atoms with Crippen LogP contribution in [0.5, 0.6) is 0 Å². The molecule has 2 rings (SSSR count). The van der Waals surface area contributed by atoms with Crippen molar-refractivity contribution in [3.63, 3.8) is 0 Å². The number of sulfonamides is 1. The van der Waals surface area contributed by atoms with Gasteiger partial charge in [-0.1, -0.05) is 0 Å². The largest absolute Gasteiger partial charge is 0.306 e. The molecule has 6 heteroatoms. The molecule has 4 nitrogen and oxygen atoms in total. The molecule has 0 unspecified atom stereocenters. The van der Waals surface area contributed by atoms with Crippen molar-refractivity contribution in [1.82, 2.24) is 9.21 Å². The summed E-state index contributed by atoms with van der Waals surface area (Å²) in [4.78, 5) is 2.39. The van der Waals surface area contributed by atoms with Gasteiger partial charge in [0.1, 0.15) is 5.82 Å². The molecule has 118 valence electrons. The fourth-order valence-corrected chi connectivity index (χ4v) is 4.91. The van der Waals surface area contributed by atoms with E-state index in [1.54, 1.807) is 13.8 Å². The third-order valence-corrected chi connectivity index (χ3v) is 6.38. The van der Waals surface area contributed by atoms with Crippen molar-refractivity contribution in [2.75, 3.05) is 27.2 Å². The summed E-state index contributed by atoms with van der Waals surface area (Å²) in [5.74, 6) is -0.393. The molecule has 1 aromatic rings. The van der Waals surface area contributed by atoms with Crippen LogP contribution >= 0.6 is 0 Å². The molecule has 1 aromatic carbocycles. The molecule has 0 aliphatic carbocycles. The van der Waals surface area contributed by atoms with E-state index in [0.29, 0.717) is 30.3 Å². The number of benzene rings is 1. The second-order valence-electron chi connectivity index (χ2n) is 5.97. The lowest BCUT2D eigenvalue weighted by molar-refractivity contribution is 0.196. The number of halogens is 1. The van der Waals surface area contributed by atoms with Crippen LogP contribution in [0.15, 0.2) is 17.0 Å². The van der Waals surface area contributed by atoms with Crippen molar-refractivity contribution in [3.8, 4) is 0 Å². The number of aryl methyl sites for hydroxylation is 2. The quantitative estimate of drug-likeness (QED) is 0.858. The van der Waals surface area contributed by atoms with Crippen LogP contribution in [-0.4, -0.2) is 50.8 Å². The fourth-order valence-electron chi connectivity index (χ4n) is 3.03. The number of hydrogen-bond donors (Lipinski definition) is 0. The predicted octanol–water partition coefficient (Wildman–Crippen LogP) is 2.16. The molecule has 1 fully saturated rings. The topological polar surface area (TPSA) is 40.6 Å². The highest BCUT2D eigenvalue weighted by atomic mass is 32.2. The first-order valence-corrected chi connectivity index (χ1v) is 8.61. The van der Waals surface area contributed by atoms with E-state index in [4.69, 9.17) is 0 Å². The maximum Gasteiger partial charge on any atom is 0.243 e. The van der Waals surface area contributed by atoms with E-state index in [-0.39, 0.29) is 4.90 Å². The van der Waals surface area contributed by atoms with Gasteiger partial charge in [-0.15, -0.1) is 0 Å². The van der Waals surface area contributed by atoms with Gasteiger partial charge in [-0.25, -0.2) is 12.8 Å². The smallest absolute Gasteiger partial charge is 0.243 e. The Balaban J connectivity index is 2.28. The molecule has 21 heavy (non-hydrogen) atoms. The van der Waals surface area contributed by atoms with E-state index in [1.807, 2.05) is 14.1 Å². The zero-order chi connectivity index (χ0) is 15.8. The molecule has 1 aliphatic heterocycles. The molecule has 0 saturated carbocycles. The van der Waals surface area contributed by atoms with Gasteiger partial charge in [0.15, 0.2) is 0 Å². The summed E-state index contributed by atoms with van der Waals surface area (Å²) < 4.78 is 40.5. The van der Waals surface area contributed by atoms with Gasteiger partial charge in [0.05, 0.1) is 4.90 Å². The van der Waals surface area contributed by atoms with Crippen LogP contribution < -0.4 is 0 Å². The zero-order valence-corrected chi connectivity index (χ0v) is 13.9. The second-order valence-corrected chi connectivity index (χ2v) is 7.84. The van der Waals surface area contributed by atoms with Crippen molar-refractivity contribution >= 4 is 10.0 Å². The third kappa shape index (κ3) is 3.27. The summed E-state index contributed by atoms with van der Waals surface area (Å²) in [7, 11) is 0.493. The van der Waals surface area contributed by atoms with Gasteiger partial charge in [-0.05, 0) is 64.0 Å². The Morgan fingerprint density at radius 2 is 1.62 bits per heavy atom. The first-order chi connectivity index (χ1) is 9.73. The molecule has 0 radical (unpaired) electrons. The minimum Gasteiger partial charge on any atom is -0.306 e. The summed E-state index contributed by atoms with van der Waals surface area (Å²) >= 11 is 0. The third-order valence-electron chi connectivity index (χ3n) is 4.18. The van der Waals surface area contributed by atoms with Crippen LogP contribution in [0, 0.1) is 19.7 Å². The summed E-state index contributed by atoms with van der Waals surface area (Å²) in [5, 5.41) is 0. The SMILES string of the molecule is Cc1cc(F)cc(C)c1S(=O)(=O)N1CCC(N(C)C)CC1. The molecule has 0 atom stereocenters. The van der Waals surface area contributed by atoms with Crippen molar-refractivity contribution in [2.45, 2.75) is 37.6 Å². The van der Waals surface area contributed by atoms with Crippen LogP contribution in [-0.2, 0) is 10.0 Å². The van der Waals surface area contributed by atoms with Crippen LogP contribution in [0.4, 0.5) is 4.39 Å². The highest BCUT2D eigenvalue weighted by molar-refractivity contribution is 7.89. The first-order valence-electron chi connectivity index (χ1n) is 7.17. The van der Waals surface area contributed by atoms with Gasteiger partial charge in [0, 0.05) is 19.1 Å². The summed E-state index contributed by atoms with van der Waals surface area (Å²) in [6, 6.07) is 2.99. The maximum absolute atomic E-state index is 13.4. The molecule has 0 N–H and O–H groups in total. The summed E-state index contributed by atoms with van der Waals surface area (Å²) in [6.07, 6.45) is 1.65. The number of rotatable bonds is 3. The molecule has 0 bridgehead atoms. The Morgan fingerprint density at radius 1 is 1.14 bits per heavy atom. The van der Waals surface area contributed by atoms with Crippen molar-refractivity contribution in [3.05, 3.63) is 29.1 Å². The van der Waals surface area contributed by atoms with Crippen molar-refractivity contribution in [2.24, 2.45) is 0 Å². The molecule has 1 heterocycles. The minimum atomic E-state index is -3.54. The highest BCUT2D eigenvalue weighted by Gasteiger charge is 2.32. The number of nitrogens with zero attached hydrogens (tertiary/aromatic N) is 2. The van der Waals surface area contributed by atoms with E-state index >= 15 is 0 Å². The standard InChI is InChI=1S/C15H23FN2O2S/c1-11-9-13(16)10-12(2)15(11)21(19,20)18-7-5-14(6-8-18)17(3)4/h9-10,14H,5-8H2,1-4H3. The van der Waals surface area contributed by atoms with E-state index in [9.17, 15) is 12.8 Å². The minimum absolute atomic E-state index is 0.257. The van der Waals surface area contributed by atoms with Crippen LogP contribution in [0.1, 0.15) is 24.0 Å². The Morgan fingerprint density at radius 3 is 2.05 bits per heavy atom. The molecular formula is C15H23FN2O2S. The molecule has 0 spiro atoms. The van der Waals surface area contributed by atoms with Gasteiger partial charge < -0.3 is 4.90 Å². The Hall–Kier alpha value is -0.980. The van der Waals surface area contributed by atoms with Gasteiger partial charge in [0.25, 0.3) is 0 Å². The molecule has 1 saturated heterocycles. The lowest BCUT2D eigenvalue weighted by Crippen LogP contribution is -2.44. The Labute approximate surface area is 126 Å². The maximum atomic E-state index is 13.4.